The van der Waals surface area contributed by atoms with E-state index in [0.29, 0.717) is 5.69 Å². The maximum atomic E-state index is 12.0. The summed E-state index contributed by atoms with van der Waals surface area (Å²) in [5, 5.41) is 0. The van der Waals surface area contributed by atoms with Gasteiger partial charge in [0, 0.05) is 18.3 Å². The van der Waals surface area contributed by atoms with Crippen molar-refractivity contribution in [2.24, 2.45) is 0 Å². The molecule has 1 saturated carbocycles. The molecule has 0 amide bonds. The predicted molar refractivity (Wildman–Crippen MR) is 98.2 cm³/mol. The van der Waals surface area contributed by atoms with Crippen molar-refractivity contribution in [2.75, 3.05) is 18.9 Å². The smallest absolute Gasteiger partial charge is 0.336 e. The van der Waals surface area contributed by atoms with Crippen molar-refractivity contribution >= 4 is 38.4 Å². The van der Waals surface area contributed by atoms with Crippen LogP contribution in [0.5, 0.6) is 0 Å². The van der Waals surface area contributed by atoms with Gasteiger partial charge in [-0.25, -0.2) is 13.1 Å². The van der Waals surface area contributed by atoms with E-state index >= 15 is 0 Å². The van der Waals surface area contributed by atoms with Gasteiger partial charge in [0.25, 0.3) is 0 Å². The summed E-state index contributed by atoms with van der Waals surface area (Å²) in [6.45, 7) is -0.452. The number of nitrogens with one attached hydrogen (secondary N) is 2. The fourth-order valence-corrected chi connectivity index (χ4v) is 4.63. The summed E-state index contributed by atoms with van der Waals surface area (Å²) >= 11 is 0. The highest BCUT2D eigenvalue weighted by Crippen LogP contribution is 2.18. The fraction of sp³-hybridized carbons (Fsp3) is 0.571. The highest BCUT2D eigenvalue weighted by atomic mass is 35.5. The average molecular weight is 414 g/mol. The summed E-state index contributed by atoms with van der Waals surface area (Å²) in [7, 11) is -7.63. The van der Waals surface area contributed by atoms with Crippen molar-refractivity contribution < 1.29 is 21.0 Å². The van der Waals surface area contributed by atoms with Gasteiger partial charge in [-0.1, -0.05) is 25.3 Å². The Morgan fingerprint density at radius 1 is 1.12 bits per heavy atom. The van der Waals surface area contributed by atoms with Crippen LogP contribution in [0.25, 0.3) is 0 Å². The molecule has 0 heterocycles. The van der Waals surface area contributed by atoms with Crippen molar-refractivity contribution in [3.8, 4) is 0 Å². The summed E-state index contributed by atoms with van der Waals surface area (Å²) < 4.78 is 57.3. The van der Waals surface area contributed by atoms with Gasteiger partial charge in [-0.2, -0.15) is 13.1 Å². The first kappa shape index (κ1) is 22.1. The normalized spacial score (nSPS) is 16.3. The zero-order valence-electron chi connectivity index (χ0n) is 13.7. The van der Waals surface area contributed by atoms with Crippen LogP contribution >= 0.6 is 12.4 Å². The first-order chi connectivity index (χ1) is 11.3. The van der Waals surface area contributed by atoms with E-state index in [-0.39, 0.29) is 36.5 Å². The quantitative estimate of drug-likeness (QED) is 0.433. The molecule has 0 unspecified atom stereocenters. The summed E-state index contributed by atoms with van der Waals surface area (Å²) in [4.78, 5) is 0.0192. The van der Waals surface area contributed by atoms with Gasteiger partial charge in [-0.15, -0.1) is 12.4 Å². The number of sulfonamides is 1. The Hall–Kier alpha value is -0.910. The largest absolute Gasteiger partial charge is 0.399 e. The molecule has 8 nitrogen and oxygen atoms in total. The third-order valence-electron chi connectivity index (χ3n) is 3.72. The highest BCUT2D eigenvalue weighted by Gasteiger charge is 2.21. The van der Waals surface area contributed by atoms with E-state index in [1.807, 2.05) is 0 Å². The van der Waals surface area contributed by atoms with E-state index in [2.05, 4.69) is 9.44 Å². The molecule has 1 aromatic rings. The second kappa shape index (κ2) is 9.70. The molecule has 0 saturated heterocycles. The zero-order chi connectivity index (χ0) is 17.6. The molecule has 11 heteroatoms. The Balaban J connectivity index is 0.00000312. The van der Waals surface area contributed by atoms with Crippen molar-refractivity contribution in [1.82, 2.24) is 9.44 Å². The number of anilines is 1. The minimum atomic E-state index is -3.88. The molecule has 0 bridgehead atoms. The topological polar surface area (TPSA) is 128 Å². The molecule has 144 valence electrons. The van der Waals surface area contributed by atoms with Crippen LogP contribution in [0, 0.1) is 0 Å². The molecule has 2 rings (SSSR count). The van der Waals surface area contributed by atoms with Gasteiger partial charge >= 0.3 is 10.3 Å². The molecule has 0 atom stereocenters. The molecule has 1 fully saturated rings. The fourth-order valence-electron chi connectivity index (χ4n) is 2.55. The molecule has 1 aromatic carbocycles. The Bertz CT molecular complexity index is 749. The molecular weight excluding hydrogens is 390 g/mol. The second-order valence-corrected chi connectivity index (χ2v) is 8.85. The first-order valence-electron chi connectivity index (χ1n) is 7.80. The standard InChI is InChI=1S/C14H23N3O5S2.ClH/c15-12-5-4-8-14(11-12)23(18,19)16-9-10-22-24(20,21)17-13-6-2-1-3-7-13;/h4-5,8,11,13,16-17H,1-3,6-7,9-10,15H2;1H. The second-order valence-electron chi connectivity index (χ2n) is 5.70. The first-order valence-corrected chi connectivity index (χ1v) is 10.7. The zero-order valence-corrected chi connectivity index (χ0v) is 16.1. The van der Waals surface area contributed by atoms with Crippen LogP contribution in [-0.4, -0.2) is 36.0 Å². The Morgan fingerprint density at radius 3 is 2.44 bits per heavy atom. The third-order valence-corrected chi connectivity index (χ3v) is 6.27. The number of halogens is 1. The Labute approximate surface area is 155 Å². The number of hydrogen-bond donors (Lipinski definition) is 3. The van der Waals surface area contributed by atoms with E-state index in [0.717, 1.165) is 32.1 Å². The monoisotopic (exact) mass is 413 g/mol. The average Bonchev–Trinajstić information content (AvgIpc) is 2.52. The minimum absolute atomic E-state index is 0. The lowest BCUT2D eigenvalue weighted by molar-refractivity contribution is 0.303. The lowest BCUT2D eigenvalue weighted by atomic mass is 9.96. The summed E-state index contributed by atoms with van der Waals surface area (Å²) in [6, 6.07) is 5.73. The predicted octanol–water partition coefficient (Wildman–Crippen LogP) is 1.15. The van der Waals surface area contributed by atoms with Gasteiger partial charge in [-0.3, -0.25) is 4.18 Å². The van der Waals surface area contributed by atoms with Crippen LogP contribution in [0.4, 0.5) is 5.69 Å². The third kappa shape index (κ3) is 7.47. The number of benzene rings is 1. The summed E-state index contributed by atoms with van der Waals surface area (Å²) in [5.74, 6) is 0. The van der Waals surface area contributed by atoms with E-state index in [4.69, 9.17) is 9.92 Å². The Kier molecular flexibility index (Phi) is 8.58. The summed E-state index contributed by atoms with van der Waals surface area (Å²) in [6.07, 6.45) is 4.69. The van der Waals surface area contributed by atoms with Crippen molar-refractivity contribution in [3.63, 3.8) is 0 Å². The van der Waals surface area contributed by atoms with Crippen LogP contribution < -0.4 is 15.2 Å². The molecule has 1 aliphatic rings. The lowest BCUT2D eigenvalue weighted by Crippen LogP contribution is -2.38. The molecular formula is C14H24ClN3O5S2. The van der Waals surface area contributed by atoms with Crippen molar-refractivity contribution in [1.29, 1.82) is 0 Å². The number of hydrogen-bond acceptors (Lipinski definition) is 6. The van der Waals surface area contributed by atoms with Gasteiger partial charge < -0.3 is 5.73 Å². The van der Waals surface area contributed by atoms with Crippen LogP contribution in [0.3, 0.4) is 0 Å². The molecule has 0 aromatic heterocycles. The molecule has 4 N–H and O–H groups in total. The molecule has 0 aliphatic heterocycles. The number of rotatable bonds is 8. The van der Waals surface area contributed by atoms with E-state index in [9.17, 15) is 16.8 Å². The maximum absolute atomic E-state index is 12.0. The molecule has 0 radical (unpaired) electrons. The summed E-state index contributed by atoms with van der Waals surface area (Å²) in [5.41, 5.74) is 5.88. The minimum Gasteiger partial charge on any atom is -0.399 e. The molecule has 1 aliphatic carbocycles. The van der Waals surface area contributed by atoms with Crippen molar-refractivity contribution in [3.05, 3.63) is 24.3 Å². The van der Waals surface area contributed by atoms with Gasteiger partial charge in [0.15, 0.2) is 0 Å². The van der Waals surface area contributed by atoms with Crippen LogP contribution in [0.2, 0.25) is 0 Å². The van der Waals surface area contributed by atoms with E-state index in [1.54, 1.807) is 6.07 Å². The SMILES string of the molecule is Cl.Nc1cccc(S(=O)(=O)NCCOS(=O)(=O)NC2CCCCC2)c1. The molecule has 0 spiro atoms. The molecule has 25 heavy (non-hydrogen) atoms. The number of nitrogen functional groups attached to an aromatic ring is 1. The van der Waals surface area contributed by atoms with Crippen LogP contribution in [-0.2, 0) is 24.5 Å². The van der Waals surface area contributed by atoms with Crippen LogP contribution in [0.1, 0.15) is 32.1 Å². The van der Waals surface area contributed by atoms with E-state index in [1.165, 1.54) is 18.2 Å². The Morgan fingerprint density at radius 2 is 1.80 bits per heavy atom. The maximum Gasteiger partial charge on any atom is 0.336 e. The number of nitrogens with two attached hydrogens (primary N) is 1. The highest BCUT2D eigenvalue weighted by molar-refractivity contribution is 7.89. The van der Waals surface area contributed by atoms with Crippen LogP contribution in [0.15, 0.2) is 29.2 Å². The van der Waals surface area contributed by atoms with Gasteiger partial charge in [-0.05, 0) is 31.0 Å². The van der Waals surface area contributed by atoms with E-state index < -0.39 is 20.3 Å². The van der Waals surface area contributed by atoms with Gasteiger partial charge in [0.2, 0.25) is 10.0 Å². The van der Waals surface area contributed by atoms with Crippen molar-refractivity contribution in [2.45, 2.75) is 43.0 Å². The van der Waals surface area contributed by atoms with Gasteiger partial charge in [0.1, 0.15) is 0 Å². The van der Waals surface area contributed by atoms with Gasteiger partial charge in [0.05, 0.1) is 11.5 Å². The lowest BCUT2D eigenvalue weighted by Gasteiger charge is -2.22.